The minimum absolute atomic E-state index is 0.0932. The van der Waals surface area contributed by atoms with Gasteiger partial charge >= 0.3 is 0 Å². The molecule has 0 saturated heterocycles. The monoisotopic (exact) mass is 506 g/mol. The minimum Gasteiger partial charge on any atom is -0.309 e. The fourth-order valence-corrected chi connectivity index (χ4v) is 3.93. The number of carbonyl (C=O) groups is 1. The first kappa shape index (κ1) is 23.1. The lowest BCUT2D eigenvalue weighted by molar-refractivity contribution is 0.0985. The Labute approximate surface area is 202 Å². The molecule has 170 valence electrons. The molecule has 1 amide bonds. The predicted molar refractivity (Wildman–Crippen MR) is 134 cm³/mol. The van der Waals surface area contributed by atoms with Crippen molar-refractivity contribution < 1.29 is 4.79 Å². The number of aryl methyl sites for hydroxylation is 2. The van der Waals surface area contributed by atoms with Crippen LogP contribution in [0, 0.1) is 0 Å². The van der Waals surface area contributed by atoms with Gasteiger partial charge in [-0.15, -0.1) is 5.10 Å². The lowest BCUT2D eigenvalue weighted by Gasteiger charge is -2.23. The summed E-state index contributed by atoms with van der Waals surface area (Å²) >= 11 is 3.42. The maximum absolute atomic E-state index is 13.5. The Hall–Kier alpha value is -3.10. The SMILES string of the molecule is CN(C)CCCN(C(=O)c1ccc2c(c1)nnn2CCc1ccccc1)c1ccc(Br)cn1. The van der Waals surface area contributed by atoms with Gasteiger partial charge in [-0.25, -0.2) is 9.67 Å². The number of fused-ring (bicyclic) bond motifs is 1. The van der Waals surface area contributed by atoms with Crippen LogP contribution < -0.4 is 4.90 Å². The first-order valence-electron chi connectivity index (χ1n) is 11.0. The number of carbonyl (C=O) groups excluding carboxylic acids is 1. The van der Waals surface area contributed by atoms with Crippen LogP contribution in [0.3, 0.4) is 0 Å². The number of hydrogen-bond acceptors (Lipinski definition) is 5. The van der Waals surface area contributed by atoms with E-state index in [4.69, 9.17) is 0 Å². The Balaban J connectivity index is 1.54. The van der Waals surface area contributed by atoms with Gasteiger partial charge in [0.2, 0.25) is 0 Å². The maximum Gasteiger partial charge on any atom is 0.259 e. The molecule has 0 aliphatic heterocycles. The molecule has 8 heteroatoms. The van der Waals surface area contributed by atoms with E-state index in [1.807, 2.05) is 67.3 Å². The number of rotatable bonds is 9. The number of amides is 1. The van der Waals surface area contributed by atoms with E-state index < -0.39 is 0 Å². The van der Waals surface area contributed by atoms with Crippen LogP contribution in [0.1, 0.15) is 22.3 Å². The molecule has 2 aromatic heterocycles. The summed E-state index contributed by atoms with van der Waals surface area (Å²) in [7, 11) is 4.05. The molecule has 7 nitrogen and oxygen atoms in total. The number of nitrogens with zero attached hydrogens (tertiary/aromatic N) is 6. The fourth-order valence-electron chi connectivity index (χ4n) is 3.70. The van der Waals surface area contributed by atoms with Crippen LogP contribution in [0.4, 0.5) is 5.82 Å². The van der Waals surface area contributed by atoms with Crippen molar-refractivity contribution >= 4 is 38.7 Å². The molecule has 0 aliphatic carbocycles. The summed E-state index contributed by atoms with van der Waals surface area (Å²) in [4.78, 5) is 21.8. The Kier molecular flexibility index (Phi) is 7.47. The lowest BCUT2D eigenvalue weighted by Crippen LogP contribution is -2.34. The van der Waals surface area contributed by atoms with Crippen LogP contribution in [0.5, 0.6) is 0 Å². The molecule has 0 saturated carbocycles. The van der Waals surface area contributed by atoms with E-state index >= 15 is 0 Å². The second kappa shape index (κ2) is 10.7. The molecule has 0 radical (unpaired) electrons. The summed E-state index contributed by atoms with van der Waals surface area (Å²) in [6.45, 7) is 2.19. The molecule has 0 aliphatic rings. The van der Waals surface area contributed by atoms with Gasteiger partial charge < -0.3 is 4.90 Å². The van der Waals surface area contributed by atoms with Crippen LogP contribution in [0.15, 0.2) is 71.3 Å². The zero-order valence-electron chi connectivity index (χ0n) is 18.9. The highest BCUT2D eigenvalue weighted by atomic mass is 79.9. The van der Waals surface area contributed by atoms with Gasteiger partial charge in [-0.05, 0) is 85.3 Å². The number of pyridine rings is 1. The van der Waals surface area contributed by atoms with Crippen molar-refractivity contribution in [3.8, 4) is 0 Å². The molecule has 0 N–H and O–H groups in total. The summed E-state index contributed by atoms with van der Waals surface area (Å²) < 4.78 is 2.77. The molecule has 33 heavy (non-hydrogen) atoms. The third-order valence-corrected chi connectivity index (χ3v) is 5.91. The second-order valence-electron chi connectivity index (χ2n) is 8.20. The first-order valence-corrected chi connectivity index (χ1v) is 11.8. The average Bonchev–Trinajstić information content (AvgIpc) is 3.23. The van der Waals surface area contributed by atoms with Crippen molar-refractivity contribution in [1.29, 1.82) is 0 Å². The van der Waals surface area contributed by atoms with E-state index in [9.17, 15) is 4.79 Å². The number of halogens is 1. The van der Waals surface area contributed by atoms with Gasteiger partial charge in [-0.2, -0.15) is 0 Å². The standard InChI is InChI=1S/C25H27BrN6O/c1-30(2)14-6-15-31(24-12-10-21(26)18-27-24)25(33)20-9-11-23-22(17-20)28-29-32(23)16-13-19-7-4-3-5-8-19/h3-5,7-12,17-18H,6,13-16H2,1-2H3. The summed E-state index contributed by atoms with van der Waals surface area (Å²) in [5, 5.41) is 8.63. The average molecular weight is 507 g/mol. The molecule has 4 aromatic rings. The van der Waals surface area contributed by atoms with Gasteiger partial charge in [-0.1, -0.05) is 35.5 Å². The third-order valence-electron chi connectivity index (χ3n) is 5.44. The maximum atomic E-state index is 13.5. The summed E-state index contributed by atoms with van der Waals surface area (Å²) in [5.74, 6) is 0.540. The lowest BCUT2D eigenvalue weighted by atomic mass is 10.1. The Bertz CT molecular complexity index is 1210. The van der Waals surface area contributed by atoms with Gasteiger partial charge in [0.05, 0.1) is 5.52 Å². The van der Waals surface area contributed by atoms with Gasteiger partial charge in [0.1, 0.15) is 11.3 Å². The zero-order valence-corrected chi connectivity index (χ0v) is 20.4. The molecule has 0 fully saturated rings. The number of aromatic nitrogens is 4. The number of hydrogen-bond donors (Lipinski definition) is 0. The van der Waals surface area contributed by atoms with E-state index in [-0.39, 0.29) is 5.91 Å². The fraction of sp³-hybridized carbons (Fsp3) is 0.280. The van der Waals surface area contributed by atoms with Crippen molar-refractivity contribution in [2.75, 3.05) is 32.1 Å². The second-order valence-corrected chi connectivity index (χ2v) is 9.12. The van der Waals surface area contributed by atoms with Crippen molar-refractivity contribution in [3.05, 3.63) is 82.5 Å². The molecule has 0 spiro atoms. The van der Waals surface area contributed by atoms with Gasteiger partial charge in [0.15, 0.2) is 0 Å². The highest BCUT2D eigenvalue weighted by molar-refractivity contribution is 9.10. The van der Waals surface area contributed by atoms with Crippen LogP contribution in [-0.4, -0.2) is 58.0 Å². The normalized spacial score (nSPS) is 11.3. The molecule has 2 heterocycles. The van der Waals surface area contributed by atoms with E-state index in [0.29, 0.717) is 23.4 Å². The van der Waals surface area contributed by atoms with Gasteiger partial charge in [-0.3, -0.25) is 9.69 Å². The molecular weight excluding hydrogens is 480 g/mol. The van der Waals surface area contributed by atoms with E-state index in [1.54, 1.807) is 11.1 Å². The van der Waals surface area contributed by atoms with Crippen molar-refractivity contribution in [2.45, 2.75) is 19.4 Å². The minimum atomic E-state index is -0.0932. The topological polar surface area (TPSA) is 67.2 Å². The Morgan fingerprint density at radius 2 is 1.85 bits per heavy atom. The largest absolute Gasteiger partial charge is 0.309 e. The molecular formula is C25H27BrN6O. The molecule has 0 atom stereocenters. The van der Waals surface area contributed by atoms with E-state index in [0.717, 1.165) is 35.9 Å². The smallest absolute Gasteiger partial charge is 0.259 e. The molecule has 0 bridgehead atoms. The number of anilines is 1. The van der Waals surface area contributed by atoms with E-state index in [1.165, 1.54) is 5.56 Å². The zero-order chi connectivity index (χ0) is 23.2. The summed E-state index contributed by atoms with van der Waals surface area (Å²) in [6, 6.07) is 19.7. The van der Waals surface area contributed by atoms with Crippen LogP contribution in [0.25, 0.3) is 11.0 Å². The predicted octanol–water partition coefficient (Wildman–Crippen LogP) is 4.43. The van der Waals surface area contributed by atoms with Crippen molar-refractivity contribution in [2.24, 2.45) is 0 Å². The quantitative estimate of drug-likeness (QED) is 0.336. The molecule has 0 unspecified atom stereocenters. The van der Waals surface area contributed by atoms with Crippen LogP contribution in [-0.2, 0) is 13.0 Å². The summed E-state index contributed by atoms with van der Waals surface area (Å²) in [6.07, 6.45) is 3.42. The van der Waals surface area contributed by atoms with Crippen LogP contribution >= 0.6 is 15.9 Å². The molecule has 2 aromatic carbocycles. The Morgan fingerprint density at radius 1 is 1.03 bits per heavy atom. The highest BCUT2D eigenvalue weighted by Crippen LogP contribution is 2.20. The van der Waals surface area contributed by atoms with Crippen molar-refractivity contribution in [3.63, 3.8) is 0 Å². The van der Waals surface area contributed by atoms with Gasteiger partial charge in [0, 0.05) is 29.3 Å². The van der Waals surface area contributed by atoms with E-state index in [2.05, 4.69) is 48.3 Å². The Morgan fingerprint density at radius 3 is 2.58 bits per heavy atom. The third kappa shape index (κ3) is 5.83. The van der Waals surface area contributed by atoms with Crippen LogP contribution in [0.2, 0.25) is 0 Å². The first-order chi connectivity index (χ1) is 16.0. The highest BCUT2D eigenvalue weighted by Gasteiger charge is 2.20. The number of benzene rings is 2. The van der Waals surface area contributed by atoms with Crippen molar-refractivity contribution in [1.82, 2.24) is 24.9 Å². The van der Waals surface area contributed by atoms with Gasteiger partial charge in [0.25, 0.3) is 5.91 Å². The molecule has 4 rings (SSSR count). The summed E-state index contributed by atoms with van der Waals surface area (Å²) in [5.41, 5.74) is 3.46.